The number of para-hydroxylation sites is 1. The SMILES string of the molecule is CS(=O)(=O)Nc1cccc(CC(N)c2ccccc2-c2noc3ccccc23)n1.Cl. The fourth-order valence-corrected chi connectivity index (χ4v) is 3.79. The van der Waals surface area contributed by atoms with Crippen molar-refractivity contribution in [3.63, 3.8) is 0 Å². The molecule has 9 heteroatoms. The molecule has 4 aromatic rings. The fourth-order valence-electron chi connectivity index (χ4n) is 3.29. The van der Waals surface area contributed by atoms with Crippen LogP contribution < -0.4 is 10.5 Å². The van der Waals surface area contributed by atoms with Gasteiger partial charge in [-0.05, 0) is 29.8 Å². The summed E-state index contributed by atoms with van der Waals surface area (Å²) in [5.41, 5.74) is 10.5. The topological polar surface area (TPSA) is 111 Å². The third kappa shape index (κ3) is 4.79. The standard InChI is InChI=1S/C21H20N4O3S.ClH/c1-29(26,27)25-20-12-6-7-14(23-20)13-18(22)15-8-2-3-9-16(15)21-17-10-4-5-11-19(17)28-24-21;/h2-12,18H,13,22H2,1H3,(H,23,25);1H. The van der Waals surface area contributed by atoms with Crippen LogP contribution in [0.2, 0.25) is 0 Å². The van der Waals surface area contributed by atoms with Crippen LogP contribution in [0.1, 0.15) is 17.3 Å². The molecule has 0 amide bonds. The molecule has 30 heavy (non-hydrogen) atoms. The van der Waals surface area contributed by atoms with E-state index in [9.17, 15) is 8.42 Å². The molecule has 0 aliphatic rings. The Morgan fingerprint density at radius 3 is 2.57 bits per heavy atom. The summed E-state index contributed by atoms with van der Waals surface area (Å²) in [7, 11) is -3.39. The van der Waals surface area contributed by atoms with Crippen molar-refractivity contribution in [1.82, 2.24) is 10.1 Å². The molecule has 0 bridgehead atoms. The number of hydrogen-bond acceptors (Lipinski definition) is 6. The lowest BCUT2D eigenvalue weighted by Gasteiger charge is -2.16. The van der Waals surface area contributed by atoms with Crippen LogP contribution in [0.25, 0.3) is 22.2 Å². The summed E-state index contributed by atoms with van der Waals surface area (Å²) in [6.07, 6.45) is 1.53. The first-order valence-corrected chi connectivity index (χ1v) is 10.9. The van der Waals surface area contributed by atoms with E-state index in [1.54, 1.807) is 12.1 Å². The lowest BCUT2D eigenvalue weighted by Crippen LogP contribution is -2.16. The predicted molar refractivity (Wildman–Crippen MR) is 120 cm³/mol. The Morgan fingerprint density at radius 2 is 1.77 bits per heavy atom. The molecule has 0 aliphatic carbocycles. The molecule has 3 N–H and O–H groups in total. The highest BCUT2D eigenvalue weighted by Crippen LogP contribution is 2.33. The third-order valence-corrected chi connectivity index (χ3v) is 5.10. The van der Waals surface area contributed by atoms with Crippen LogP contribution >= 0.6 is 12.4 Å². The van der Waals surface area contributed by atoms with E-state index < -0.39 is 10.0 Å². The van der Waals surface area contributed by atoms with Crippen molar-refractivity contribution in [2.45, 2.75) is 12.5 Å². The van der Waals surface area contributed by atoms with Gasteiger partial charge >= 0.3 is 0 Å². The van der Waals surface area contributed by atoms with Gasteiger partial charge in [0.2, 0.25) is 10.0 Å². The Hall–Kier alpha value is -2.94. The highest BCUT2D eigenvalue weighted by Gasteiger charge is 2.18. The molecule has 4 rings (SSSR count). The number of anilines is 1. The van der Waals surface area contributed by atoms with Crippen LogP contribution in [0.5, 0.6) is 0 Å². The van der Waals surface area contributed by atoms with Gasteiger partial charge in [0.1, 0.15) is 11.5 Å². The first-order valence-electron chi connectivity index (χ1n) is 9.04. The van der Waals surface area contributed by atoms with E-state index in [0.717, 1.165) is 28.5 Å². The molecule has 0 fully saturated rings. The Morgan fingerprint density at radius 1 is 1.03 bits per heavy atom. The number of rotatable bonds is 6. The number of nitrogens with one attached hydrogen (secondary N) is 1. The van der Waals surface area contributed by atoms with Crippen molar-refractivity contribution in [2.24, 2.45) is 5.73 Å². The minimum Gasteiger partial charge on any atom is -0.356 e. The van der Waals surface area contributed by atoms with E-state index in [2.05, 4.69) is 14.9 Å². The molecular formula is C21H21ClN4O3S. The number of fused-ring (bicyclic) bond motifs is 1. The maximum absolute atomic E-state index is 11.4. The molecule has 0 radical (unpaired) electrons. The Kier molecular flexibility index (Phi) is 6.40. The normalized spacial score (nSPS) is 12.3. The van der Waals surface area contributed by atoms with Crippen LogP contribution in [-0.4, -0.2) is 24.8 Å². The summed E-state index contributed by atoms with van der Waals surface area (Å²) < 4.78 is 30.7. The van der Waals surface area contributed by atoms with Crippen molar-refractivity contribution in [3.05, 3.63) is 78.0 Å². The summed E-state index contributed by atoms with van der Waals surface area (Å²) in [6.45, 7) is 0. The summed E-state index contributed by atoms with van der Waals surface area (Å²) in [5.74, 6) is 0.271. The van der Waals surface area contributed by atoms with Gasteiger partial charge in [-0.3, -0.25) is 4.72 Å². The monoisotopic (exact) mass is 444 g/mol. The average Bonchev–Trinajstić information content (AvgIpc) is 3.11. The molecule has 0 saturated heterocycles. The zero-order chi connectivity index (χ0) is 20.4. The summed E-state index contributed by atoms with van der Waals surface area (Å²) in [6, 6.07) is 20.3. The smallest absolute Gasteiger partial charge is 0.230 e. The minimum absolute atomic E-state index is 0. The maximum Gasteiger partial charge on any atom is 0.230 e. The molecule has 0 spiro atoms. The molecule has 2 aromatic carbocycles. The Bertz CT molecular complexity index is 1270. The second kappa shape index (κ2) is 8.83. The van der Waals surface area contributed by atoms with Crippen molar-refractivity contribution in [3.8, 4) is 11.3 Å². The molecule has 2 heterocycles. The van der Waals surface area contributed by atoms with Gasteiger partial charge in [0.25, 0.3) is 0 Å². The van der Waals surface area contributed by atoms with Gasteiger partial charge in [-0.1, -0.05) is 47.6 Å². The number of benzene rings is 2. The van der Waals surface area contributed by atoms with Crippen molar-refractivity contribution in [1.29, 1.82) is 0 Å². The number of nitrogens with two attached hydrogens (primary N) is 1. The zero-order valence-electron chi connectivity index (χ0n) is 16.1. The highest BCUT2D eigenvalue weighted by molar-refractivity contribution is 7.92. The molecule has 7 nitrogen and oxygen atoms in total. The maximum atomic E-state index is 11.4. The van der Waals surface area contributed by atoms with Gasteiger partial charge in [-0.15, -0.1) is 12.4 Å². The number of sulfonamides is 1. The van der Waals surface area contributed by atoms with Gasteiger partial charge < -0.3 is 10.3 Å². The Balaban J connectivity index is 0.00000256. The van der Waals surface area contributed by atoms with Gasteiger partial charge in [-0.25, -0.2) is 13.4 Å². The third-order valence-electron chi connectivity index (χ3n) is 4.52. The van der Waals surface area contributed by atoms with Crippen molar-refractivity contribution in [2.75, 3.05) is 11.0 Å². The van der Waals surface area contributed by atoms with E-state index in [1.165, 1.54) is 0 Å². The second-order valence-electron chi connectivity index (χ2n) is 6.81. The first kappa shape index (κ1) is 21.8. The Labute approximate surface area is 180 Å². The van der Waals surface area contributed by atoms with Crippen LogP contribution in [0, 0.1) is 0 Å². The highest BCUT2D eigenvalue weighted by atomic mass is 35.5. The van der Waals surface area contributed by atoms with E-state index >= 15 is 0 Å². The van der Waals surface area contributed by atoms with Crippen LogP contribution in [0.15, 0.2) is 71.3 Å². The number of pyridine rings is 1. The molecular weight excluding hydrogens is 424 g/mol. The van der Waals surface area contributed by atoms with Crippen LogP contribution in [-0.2, 0) is 16.4 Å². The lowest BCUT2D eigenvalue weighted by molar-refractivity contribution is 0.459. The minimum atomic E-state index is -3.39. The number of aromatic nitrogens is 2. The zero-order valence-corrected chi connectivity index (χ0v) is 17.8. The number of nitrogens with zero attached hydrogens (tertiary/aromatic N) is 2. The molecule has 1 unspecified atom stereocenters. The first-order chi connectivity index (χ1) is 13.9. The van der Waals surface area contributed by atoms with E-state index in [-0.39, 0.29) is 24.3 Å². The number of hydrogen-bond donors (Lipinski definition) is 2. The van der Waals surface area contributed by atoms with Crippen LogP contribution in [0.3, 0.4) is 0 Å². The molecule has 156 valence electrons. The predicted octanol–water partition coefficient (Wildman–Crippen LogP) is 3.93. The molecule has 0 saturated carbocycles. The average molecular weight is 445 g/mol. The van der Waals surface area contributed by atoms with E-state index in [0.29, 0.717) is 17.7 Å². The van der Waals surface area contributed by atoms with Gasteiger partial charge in [0.15, 0.2) is 5.58 Å². The molecule has 0 aliphatic heterocycles. The van der Waals surface area contributed by atoms with E-state index in [1.807, 2.05) is 54.6 Å². The second-order valence-corrected chi connectivity index (χ2v) is 8.56. The van der Waals surface area contributed by atoms with Gasteiger partial charge in [0, 0.05) is 29.1 Å². The quantitative estimate of drug-likeness (QED) is 0.466. The van der Waals surface area contributed by atoms with E-state index in [4.69, 9.17) is 10.3 Å². The van der Waals surface area contributed by atoms with Crippen LogP contribution in [0.4, 0.5) is 5.82 Å². The molecule has 2 aromatic heterocycles. The summed E-state index contributed by atoms with van der Waals surface area (Å²) >= 11 is 0. The van der Waals surface area contributed by atoms with Gasteiger partial charge in [0.05, 0.1) is 6.26 Å². The summed E-state index contributed by atoms with van der Waals surface area (Å²) in [4.78, 5) is 4.36. The largest absolute Gasteiger partial charge is 0.356 e. The number of halogens is 1. The fraction of sp³-hybridized carbons (Fsp3) is 0.143. The lowest BCUT2D eigenvalue weighted by atomic mass is 9.94. The van der Waals surface area contributed by atoms with Crippen molar-refractivity contribution < 1.29 is 12.9 Å². The van der Waals surface area contributed by atoms with Gasteiger partial charge in [-0.2, -0.15) is 0 Å². The molecule has 1 atom stereocenters. The van der Waals surface area contributed by atoms with Crippen molar-refractivity contribution >= 4 is 39.2 Å². The summed E-state index contributed by atoms with van der Waals surface area (Å²) in [5, 5.41) is 5.17.